The van der Waals surface area contributed by atoms with Crippen LogP contribution in [0.3, 0.4) is 0 Å². The van der Waals surface area contributed by atoms with Crippen molar-refractivity contribution in [2.24, 2.45) is 5.41 Å². The fraction of sp³-hybridized carbons (Fsp3) is 0.929. The average molecular weight is 256 g/mol. The third-order valence-electron chi connectivity index (χ3n) is 3.66. The normalized spacial score (nSPS) is 22.4. The van der Waals surface area contributed by atoms with Gasteiger partial charge in [-0.1, -0.05) is 13.8 Å². The van der Waals surface area contributed by atoms with E-state index in [4.69, 9.17) is 4.74 Å². The molecule has 0 radical (unpaired) electrons. The number of ether oxygens (including phenoxy) is 1. The zero-order chi connectivity index (χ0) is 13.6. The van der Waals surface area contributed by atoms with Gasteiger partial charge in [-0.3, -0.25) is 9.69 Å². The number of hydrogen-bond donors (Lipinski definition) is 0. The third-order valence-corrected chi connectivity index (χ3v) is 3.66. The van der Waals surface area contributed by atoms with E-state index < -0.39 is 0 Å². The van der Waals surface area contributed by atoms with E-state index in [0.29, 0.717) is 12.0 Å². The first kappa shape index (κ1) is 15.4. The van der Waals surface area contributed by atoms with E-state index in [9.17, 15) is 4.79 Å². The largest absolute Gasteiger partial charge is 0.381 e. The zero-order valence-electron chi connectivity index (χ0n) is 12.4. The monoisotopic (exact) mass is 256 g/mol. The number of nitrogens with zero attached hydrogens (tertiary/aromatic N) is 2. The summed E-state index contributed by atoms with van der Waals surface area (Å²) >= 11 is 0. The van der Waals surface area contributed by atoms with Gasteiger partial charge in [0.2, 0.25) is 5.91 Å². The molecule has 1 saturated heterocycles. The molecule has 1 heterocycles. The predicted molar refractivity (Wildman–Crippen MR) is 73.6 cm³/mol. The number of piperazine rings is 1. The van der Waals surface area contributed by atoms with Crippen LogP contribution < -0.4 is 0 Å². The van der Waals surface area contributed by atoms with Gasteiger partial charge in [-0.2, -0.15) is 0 Å². The minimum atomic E-state index is 0.249. The molecule has 0 aromatic heterocycles. The SMILES string of the molecule is CC.CCOCC1(CN2CCN(C)C(=O)C2)CC1. The van der Waals surface area contributed by atoms with Gasteiger partial charge in [0.25, 0.3) is 0 Å². The smallest absolute Gasteiger partial charge is 0.236 e. The van der Waals surface area contributed by atoms with Gasteiger partial charge in [0.15, 0.2) is 0 Å². The Morgan fingerprint density at radius 2 is 1.94 bits per heavy atom. The molecule has 1 saturated carbocycles. The maximum Gasteiger partial charge on any atom is 0.236 e. The summed E-state index contributed by atoms with van der Waals surface area (Å²) in [4.78, 5) is 15.7. The highest BCUT2D eigenvalue weighted by Gasteiger charge is 2.44. The van der Waals surface area contributed by atoms with Gasteiger partial charge in [-0.15, -0.1) is 0 Å². The van der Waals surface area contributed by atoms with Crippen molar-refractivity contribution in [1.29, 1.82) is 0 Å². The number of rotatable bonds is 5. The van der Waals surface area contributed by atoms with Gasteiger partial charge in [-0.05, 0) is 19.8 Å². The Labute approximate surface area is 111 Å². The number of carbonyl (C=O) groups excluding carboxylic acids is 1. The van der Waals surface area contributed by atoms with Gasteiger partial charge in [0.1, 0.15) is 0 Å². The molecule has 0 spiro atoms. The molecule has 18 heavy (non-hydrogen) atoms. The third kappa shape index (κ3) is 4.25. The summed E-state index contributed by atoms with van der Waals surface area (Å²) in [7, 11) is 1.88. The molecule has 0 bridgehead atoms. The zero-order valence-corrected chi connectivity index (χ0v) is 12.4. The van der Waals surface area contributed by atoms with Crippen LogP contribution in [0, 0.1) is 5.41 Å². The summed E-state index contributed by atoms with van der Waals surface area (Å²) in [6.45, 7) is 11.2. The molecule has 1 amide bonds. The Morgan fingerprint density at radius 1 is 1.28 bits per heavy atom. The lowest BCUT2D eigenvalue weighted by atomic mass is 10.1. The Hall–Kier alpha value is -0.610. The highest BCUT2D eigenvalue weighted by Crippen LogP contribution is 2.46. The summed E-state index contributed by atoms with van der Waals surface area (Å²) in [5.74, 6) is 0.249. The standard InChI is InChI=1S/C12H22N2O2.C2H6/c1-3-16-10-12(4-5-12)9-14-7-6-13(2)11(15)8-14;1-2/h3-10H2,1-2H3;1-2H3. The molecular formula is C14H28N2O2. The van der Waals surface area contributed by atoms with Crippen molar-refractivity contribution in [2.45, 2.75) is 33.6 Å². The van der Waals surface area contributed by atoms with Gasteiger partial charge >= 0.3 is 0 Å². The topological polar surface area (TPSA) is 32.8 Å². The Morgan fingerprint density at radius 3 is 2.44 bits per heavy atom. The van der Waals surface area contributed by atoms with Crippen molar-refractivity contribution in [3.63, 3.8) is 0 Å². The second kappa shape index (κ2) is 7.10. The van der Waals surface area contributed by atoms with Crippen LogP contribution in [-0.4, -0.2) is 62.1 Å². The van der Waals surface area contributed by atoms with Gasteiger partial charge < -0.3 is 9.64 Å². The van der Waals surface area contributed by atoms with Crippen LogP contribution in [0.2, 0.25) is 0 Å². The van der Waals surface area contributed by atoms with Crippen molar-refractivity contribution in [1.82, 2.24) is 9.80 Å². The maximum absolute atomic E-state index is 11.6. The van der Waals surface area contributed by atoms with E-state index >= 15 is 0 Å². The first-order chi connectivity index (χ1) is 8.65. The van der Waals surface area contributed by atoms with E-state index in [0.717, 1.165) is 32.8 Å². The summed E-state index contributed by atoms with van der Waals surface area (Å²) in [5.41, 5.74) is 0.367. The van der Waals surface area contributed by atoms with Gasteiger partial charge in [-0.25, -0.2) is 0 Å². The van der Waals surface area contributed by atoms with Crippen molar-refractivity contribution in [2.75, 3.05) is 46.4 Å². The quantitative estimate of drug-likeness (QED) is 0.749. The summed E-state index contributed by atoms with van der Waals surface area (Å²) in [6.07, 6.45) is 2.51. The molecule has 4 nitrogen and oxygen atoms in total. The first-order valence-corrected chi connectivity index (χ1v) is 7.19. The van der Waals surface area contributed by atoms with E-state index in [2.05, 4.69) is 4.90 Å². The summed E-state index contributed by atoms with van der Waals surface area (Å²) < 4.78 is 5.53. The molecule has 0 aromatic carbocycles. The molecule has 0 aromatic rings. The number of amides is 1. The molecule has 0 atom stereocenters. The Kier molecular flexibility index (Phi) is 6.09. The van der Waals surface area contributed by atoms with Crippen LogP contribution in [-0.2, 0) is 9.53 Å². The molecule has 2 fully saturated rings. The minimum absolute atomic E-state index is 0.249. The average Bonchev–Trinajstić information content (AvgIpc) is 3.14. The summed E-state index contributed by atoms with van der Waals surface area (Å²) in [6, 6.07) is 0. The molecule has 1 aliphatic carbocycles. The first-order valence-electron chi connectivity index (χ1n) is 7.19. The van der Waals surface area contributed by atoms with Crippen molar-refractivity contribution >= 4 is 5.91 Å². The van der Waals surface area contributed by atoms with Crippen LogP contribution in [0.1, 0.15) is 33.6 Å². The van der Waals surface area contributed by atoms with E-state index in [-0.39, 0.29) is 5.91 Å². The van der Waals surface area contributed by atoms with Gasteiger partial charge in [0.05, 0.1) is 13.2 Å². The minimum Gasteiger partial charge on any atom is -0.381 e. The van der Waals surface area contributed by atoms with Crippen LogP contribution in [0.25, 0.3) is 0 Å². The number of hydrogen-bond acceptors (Lipinski definition) is 3. The lowest BCUT2D eigenvalue weighted by molar-refractivity contribution is -0.134. The highest BCUT2D eigenvalue weighted by atomic mass is 16.5. The van der Waals surface area contributed by atoms with Crippen molar-refractivity contribution < 1.29 is 9.53 Å². The van der Waals surface area contributed by atoms with Crippen LogP contribution in [0.15, 0.2) is 0 Å². The fourth-order valence-electron chi connectivity index (χ4n) is 2.26. The van der Waals surface area contributed by atoms with Crippen LogP contribution in [0.4, 0.5) is 0 Å². The number of carbonyl (C=O) groups is 1. The van der Waals surface area contributed by atoms with E-state index in [1.54, 1.807) is 0 Å². The van der Waals surface area contributed by atoms with Gasteiger partial charge in [0, 0.05) is 38.7 Å². The number of likely N-dealkylation sites (N-methyl/N-ethyl adjacent to an activating group) is 1. The lowest BCUT2D eigenvalue weighted by Crippen LogP contribution is -2.50. The van der Waals surface area contributed by atoms with Crippen molar-refractivity contribution in [3.05, 3.63) is 0 Å². The lowest BCUT2D eigenvalue weighted by Gasteiger charge is -2.34. The second-order valence-electron chi connectivity index (χ2n) is 5.16. The second-order valence-corrected chi connectivity index (χ2v) is 5.16. The highest BCUT2D eigenvalue weighted by molar-refractivity contribution is 5.78. The fourth-order valence-corrected chi connectivity index (χ4v) is 2.26. The Bertz CT molecular complexity index is 265. The molecule has 106 valence electrons. The van der Waals surface area contributed by atoms with Crippen LogP contribution in [0.5, 0.6) is 0 Å². The maximum atomic E-state index is 11.6. The van der Waals surface area contributed by atoms with Crippen LogP contribution >= 0.6 is 0 Å². The molecule has 2 rings (SSSR count). The molecule has 0 N–H and O–H groups in total. The molecule has 2 aliphatic rings. The van der Waals surface area contributed by atoms with E-state index in [1.807, 2.05) is 32.7 Å². The summed E-state index contributed by atoms with van der Waals surface area (Å²) in [5, 5.41) is 0. The Balaban J connectivity index is 0.000000771. The molecular weight excluding hydrogens is 228 g/mol. The molecule has 0 unspecified atom stereocenters. The molecule has 4 heteroatoms. The predicted octanol–water partition coefficient (Wildman–Crippen LogP) is 1.60. The van der Waals surface area contributed by atoms with E-state index in [1.165, 1.54) is 12.8 Å². The molecule has 1 aliphatic heterocycles. The van der Waals surface area contributed by atoms with Crippen molar-refractivity contribution in [3.8, 4) is 0 Å².